The summed E-state index contributed by atoms with van der Waals surface area (Å²) in [5.74, 6) is -0.157. The first kappa shape index (κ1) is 20.7. The van der Waals surface area contributed by atoms with Crippen molar-refractivity contribution in [3.05, 3.63) is 46.2 Å². The van der Waals surface area contributed by atoms with E-state index >= 15 is 0 Å². The van der Waals surface area contributed by atoms with Gasteiger partial charge in [0.2, 0.25) is 0 Å². The van der Waals surface area contributed by atoms with E-state index < -0.39 is 0 Å². The van der Waals surface area contributed by atoms with Crippen molar-refractivity contribution < 1.29 is 9.53 Å². The fourth-order valence-electron chi connectivity index (χ4n) is 4.64. The Hall–Kier alpha value is -1.60. The number of benzene rings is 1. The Morgan fingerprint density at radius 2 is 1.90 bits per heavy atom. The van der Waals surface area contributed by atoms with Crippen LogP contribution in [0, 0.1) is 0 Å². The van der Waals surface area contributed by atoms with Gasteiger partial charge in [-0.25, -0.2) is 4.68 Å². The van der Waals surface area contributed by atoms with Gasteiger partial charge in [0.15, 0.2) is 5.69 Å². The predicted molar refractivity (Wildman–Crippen MR) is 114 cm³/mol. The van der Waals surface area contributed by atoms with Crippen LogP contribution in [0.5, 0.6) is 0 Å². The number of nitrogens with one attached hydrogen (secondary N) is 1. The third kappa shape index (κ3) is 4.17. The summed E-state index contributed by atoms with van der Waals surface area (Å²) in [6, 6.07) is 7.02. The number of halogens is 2. The first-order valence-corrected chi connectivity index (χ1v) is 10.9. The highest BCUT2D eigenvalue weighted by Crippen LogP contribution is 2.38. The maximum atomic E-state index is 12.9. The lowest BCUT2D eigenvalue weighted by Crippen LogP contribution is -2.62. The van der Waals surface area contributed by atoms with E-state index in [2.05, 4.69) is 22.2 Å². The molecule has 0 spiro atoms. The number of morpholine rings is 1. The van der Waals surface area contributed by atoms with E-state index in [1.807, 2.05) is 6.07 Å². The van der Waals surface area contributed by atoms with Crippen molar-refractivity contribution in [1.29, 1.82) is 0 Å². The predicted octanol–water partition coefficient (Wildman–Crippen LogP) is 3.94. The fourth-order valence-corrected chi connectivity index (χ4v) is 4.93. The highest BCUT2D eigenvalue weighted by Gasteiger charge is 2.45. The van der Waals surface area contributed by atoms with Crippen LogP contribution >= 0.6 is 23.2 Å². The topological polar surface area (TPSA) is 59.4 Å². The molecular formula is C21H26Cl2N4O2. The first-order chi connectivity index (χ1) is 14.0. The lowest BCUT2D eigenvalue weighted by molar-refractivity contribution is -0.0323. The second kappa shape index (κ2) is 8.64. The van der Waals surface area contributed by atoms with E-state index in [9.17, 15) is 4.79 Å². The number of carbonyl (C=O) groups excluding carboxylic acids is 1. The zero-order chi connectivity index (χ0) is 20.4. The van der Waals surface area contributed by atoms with Crippen LogP contribution in [0.3, 0.4) is 0 Å². The van der Waals surface area contributed by atoms with Gasteiger partial charge in [0.05, 0.1) is 28.9 Å². The molecule has 1 aromatic heterocycles. The van der Waals surface area contributed by atoms with Gasteiger partial charge < -0.3 is 10.1 Å². The molecule has 1 amide bonds. The maximum Gasteiger partial charge on any atom is 0.272 e. The molecule has 156 valence electrons. The standard InChI is InChI=1S/C21H26Cl2N4O2/c1-15(21(7-2-3-8-21)26-10-12-29-13-11-26)24-20(28)19-6-9-27(25-19)16-4-5-17(22)18(23)14-16/h4-6,9,14-15H,2-3,7-8,10-13H2,1H3,(H,24,28). The summed E-state index contributed by atoms with van der Waals surface area (Å²) in [5.41, 5.74) is 1.15. The van der Waals surface area contributed by atoms with Crippen molar-refractivity contribution in [2.45, 2.75) is 44.2 Å². The molecule has 2 aliphatic rings. The van der Waals surface area contributed by atoms with E-state index in [0.29, 0.717) is 15.7 Å². The van der Waals surface area contributed by atoms with Crippen molar-refractivity contribution in [2.75, 3.05) is 26.3 Å². The van der Waals surface area contributed by atoms with Gasteiger partial charge in [-0.1, -0.05) is 36.0 Å². The van der Waals surface area contributed by atoms with Crippen molar-refractivity contribution in [3.63, 3.8) is 0 Å². The second-order valence-electron chi connectivity index (χ2n) is 7.85. The van der Waals surface area contributed by atoms with Crippen LogP contribution in [-0.4, -0.2) is 58.5 Å². The van der Waals surface area contributed by atoms with Gasteiger partial charge in [0.25, 0.3) is 5.91 Å². The lowest BCUT2D eigenvalue weighted by Gasteiger charge is -2.47. The highest BCUT2D eigenvalue weighted by molar-refractivity contribution is 6.42. The zero-order valence-corrected chi connectivity index (χ0v) is 18.0. The molecule has 1 aromatic carbocycles. The number of nitrogens with zero attached hydrogens (tertiary/aromatic N) is 3. The van der Waals surface area contributed by atoms with Crippen LogP contribution in [0.25, 0.3) is 5.69 Å². The monoisotopic (exact) mass is 436 g/mol. The first-order valence-electron chi connectivity index (χ1n) is 10.1. The average Bonchev–Trinajstić information content (AvgIpc) is 3.41. The Kier molecular flexibility index (Phi) is 6.16. The third-order valence-electron chi connectivity index (χ3n) is 6.25. The summed E-state index contributed by atoms with van der Waals surface area (Å²) in [5, 5.41) is 8.59. The molecule has 6 nitrogen and oxygen atoms in total. The maximum absolute atomic E-state index is 12.9. The fraction of sp³-hybridized carbons (Fsp3) is 0.524. The Labute approximate surface area is 181 Å². The minimum atomic E-state index is -0.157. The Morgan fingerprint density at radius 1 is 1.17 bits per heavy atom. The molecule has 2 fully saturated rings. The number of hydrogen-bond donors (Lipinski definition) is 1. The average molecular weight is 437 g/mol. The Morgan fingerprint density at radius 3 is 2.59 bits per heavy atom. The third-order valence-corrected chi connectivity index (χ3v) is 6.99. The summed E-state index contributed by atoms with van der Waals surface area (Å²) in [6.07, 6.45) is 6.36. The second-order valence-corrected chi connectivity index (χ2v) is 8.66. The number of carbonyl (C=O) groups is 1. The summed E-state index contributed by atoms with van der Waals surface area (Å²) < 4.78 is 7.17. The number of hydrogen-bond acceptors (Lipinski definition) is 4. The largest absolute Gasteiger partial charge is 0.379 e. The van der Waals surface area contributed by atoms with Crippen LogP contribution in [0.1, 0.15) is 43.1 Å². The zero-order valence-electron chi connectivity index (χ0n) is 16.5. The van der Waals surface area contributed by atoms with Gasteiger partial charge >= 0.3 is 0 Å². The van der Waals surface area contributed by atoms with Gasteiger partial charge in [-0.3, -0.25) is 9.69 Å². The van der Waals surface area contributed by atoms with Crippen LogP contribution in [0.15, 0.2) is 30.5 Å². The number of amides is 1. The molecule has 0 bridgehead atoms. The molecule has 1 unspecified atom stereocenters. The van der Waals surface area contributed by atoms with Gasteiger partial charge in [-0.05, 0) is 44.0 Å². The number of rotatable bonds is 5. The van der Waals surface area contributed by atoms with Crippen molar-refractivity contribution in [2.24, 2.45) is 0 Å². The molecule has 1 aliphatic heterocycles. The lowest BCUT2D eigenvalue weighted by atomic mass is 9.86. The Balaban J connectivity index is 1.48. The van der Waals surface area contributed by atoms with Gasteiger partial charge in [-0.2, -0.15) is 5.10 Å². The van der Waals surface area contributed by atoms with Crippen LogP contribution < -0.4 is 5.32 Å². The molecule has 4 rings (SSSR count). The Bertz CT molecular complexity index is 873. The number of aromatic nitrogens is 2. The van der Waals surface area contributed by atoms with E-state index in [-0.39, 0.29) is 17.5 Å². The van der Waals surface area contributed by atoms with E-state index in [1.165, 1.54) is 12.8 Å². The van der Waals surface area contributed by atoms with E-state index in [1.54, 1.807) is 29.1 Å². The van der Waals surface area contributed by atoms with Gasteiger partial charge in [-0.15, -0.1) is 0 Å². The normalized spacial score (nSPS) is 20.5. The molecule has 2 heterocycles. The molecule has 8 heteroatoms. The summed E-state index contributed by atoms with van der Waals surface area (Å²) in [6.45, 7) is 5.49. The smallest absolute Gasteiger partial charge is 0.272 e. The quantitative estimate of drug-likeness (QED) is 0.770. The highest BCUT2D eigenvalue weighted by atomic mass is 35.5. The molecule has 29 heavy (non-hydrogen) atoms. The summed E-state index contributed by atoms with van der Waals surface area (Å²) in [7, 11) is 0. The van der Waals surface area contributed by atoms with E-state index in [0.717, 1.165) is 44.8 Å². The van der Waals surface area contributed by atoms with Crippen molar-refractivity contribution in [3.8, 4) is 5.69 Å². The molecule has 1 aliphatic carbocycles. The molecule has 1 saturated heterocycles. The number of ether oxygens (including phenoxy) is 1. The molecular weight excluding hydrogens is 411 g/mol. The van der Waals surface area contributed by atoms with Crippen LogP contribution in [0.4, 0.5) is 0 Å². The molecule has 1 saturated carbocycles. The van der Waals surface area contributed by atoms with E-state index in [4.69, 9.17) is 27.9 Å². The minimum absolute atomic E-state index is 0.00566. The van der Waals surface area contributed by atoms with Crippen LogP contribution in [0.2, 0.25) is 10.0 Å². The molecule has 2 aromatic rings. The minimum Gasteiger partial charge on any atom is -0.379 e. The summed E-state index contributed by atoms with van der Waals surface area (Å²) in [4.78, 5) is 15.4. The van der Waals surface area contributed by atoms with Crippen LogP contribution in [-0.2, 0) is 4.74 Å². The van der Waals surface area contributed by atoms with Gasteiger partial charge in [0.1, 0.15) is 0 Å². The van der Waals surface area contributed by atoms with Gasteiger partial charge in [0, 0.05) is 30.9 Å². The van der Waals surface area contributed by atoms with Crippen molar-refractivity contribution in [1.82, 2.24) is 20.0 Å². The van der Waals surface area contributed by atoms with Crippen molar-refractivity contribution >= 4 is 29.1 Å². The molecule has 1 N–H and O–H groups in total. The molecule has 0 radical (unpaired) electrons. The summed E-state index contributed by atoms with van der Waals surface area (Å²) >= 11 is 12.1. The SMILES string of the molecule is CC(NC(=O)c1ccn(-c2ccc(Cl)c(Cl)c2)n1)C1(N2CCOCC2)CCCC1. The molecule has 1 atom stereocenters.